The molecule has 1 saturated heterocycles. The highest BCUT2D eigenvalue weighted by atomic mass is 16.3. The lowest BCUT2D eigenvalue weighted by molar-refractivity contribution is 0.117. The number of aliphatic hydroxyl groups excluding tert-OH is 1. The van der Waals surface area contributed by atoms with Gasteiger partial charge in [-0.1, -0.05) is 12.8 Å². The second-order valence-electron chi connectivity index (χ2n) is 6.05. The molecule has 3 nitrogen and oxygen atoms in total. The minimum absolute atomic E-state index is 0.361. The van der Waals surface area contributed by atoms with Gasteiger partial charge in [0.05, 0.1) is 0 Å². The Morgan fingerprint density at radius 2 is 2.00 bits per heavy atom. The van der Waals surface area contributed by atoms with Crippen molar-refractivity contribution >= 4 is 0 Å². The minimum Gasteiger partial charge on any atom is -0.396 e. The first kappa shape index (κ1) is 13.3. The molecule has 0 aromatic carbocycles. The van der Waals surface area contributed by atoms with Crippen LogP contribution in [0, 0.1) is 5.92 Å². The molecule has 0 radical (unpaired) electrons. The molecule has 4 unspecified atom stereocenters. The molecular weight excluding hydrogens is 212 g/mol. The van der Waals surface area contributed by atoms with Crippen molar-refractivity contribution in [1.82, 2.24) is 10.2 Å². The van der Waals surface area contributed by atoms with Crippen molar-refractivity contribution in [3.63, 3.8) is 0 Å². The lowest BCUT2D eigenvalue weighted by atomic mass is 9.84. The van der Waals surface area contributed by atoms with Gasteiger partial charge in [0, 0.05) is 24.7 Å². The number of rotatable bonds is 3. The van der Waals surface area contributed by atoms with Gasteiger partial charge in [0.25, 0.3) is 0 Å². The minimum atomic E-state index is 0.361. The van der Waals surface area contributed by atoms with E-state index in [1.165, 1.54) is 45.1 Å². The lowest BCUT2D eigenvalue weighted by Gasteiger charge is -2.40. The van der Waals surface area contributed by atoms with Crippen molar-refractivity contribution in [2.24, 2.45) is 5.92 Å². The summed E-state index contributed by atoms with van der Waals surface area (Å²) in [5, 5.41) is 13.3. The summed E-state index contributed by atoms with van der Waals surface area (Å²) in [5.41, 5.74) is 0. The largest absolute Gasteiger partial charge is 0.396 e. The third-order valence-corrected chi connectivity index (χ3v) is 4.80. The fraction of sp³-hybridized carbons (Fsp3) is 1.00. The van der Waals surface area contributed by atoms with Gasteiger partial charge >= 0.3 is 0 Å². The van der Waals surface area contributed by atoms with E-state index in [1.54, 1.807) is 0 Å². The summed E-state index contributed by atoms with van der Waals surface area (Å²) in [7, 11) is 2.22. The quantitative estimate of drug-likeness (QED) is 0.787. The third-order valence-electron chi connectivity index (χ3n) is 4.80. The molecule has 0 spiro atoms. The van der Waals surface area contributed by atoms with Crippen LogP contribution >= 0.6 is 0 Å². The van der Waals surface area contributed by atoms with Gasteiger partial charge in [0.15, 0.2) is 0 Å². The zero-order valence-electron chi connectivity index (χ0n) is 11.4. The predicted molar refractivity (Wildman–Crippen MR) is 71.1 cm³/mol. The van der Waals surface area contributed by atoms with E-state index in [1.807, 2.05) is 0 Å². The highest BCUT2D eigenvalue weighted by Crippen LogP contribution is 2.26. The molecule has 17 heavy (non-hydrogen) atoms. The predicted octanol–water partition coefficient (Wildman–Crippen LogP) is 1.61. The number of nitrogens with one attached hydrogen (secondary N) is 1. The Bertz CT molecular complexity index is 234. The molecule has 2 rings (SSSR count). The Morgan fingerprint density at radius 3 is 2.71 bits per heavy atom. The van der Waals surface area contributed by atoms with Crippen molar-refractivity contribution in [2.75, 3.05) is 20.2 Å². The maximum atomic E-state index is 9.44. The van der Waals surface area contributed by atoms with Crippen LogP contribution in [0.5, 0.6) is 0 Å². The van der Waals surface area contributed by atoms with E-state index in [4.69, 9.17) is 0 Å². The summed E-state index contributed by atoms with van der Waals surface area (Å²) in [4.78, 5) is 2.45. The number of nitrogens with zero attached hydrogens (tertiary/aromatic N) is 1. The number of piperidine rings is 1. The molecule has 1 aliphatic heterocycles. The van der Waals surface area contributed by atoms with Crippen LogP contribution in [0.15, 0.2) is 0 Å². The van der Waals surface area contributed by atoms with E-state index in [9.17, 15) is 5.11 Å². The zero-order chi connectivity index (χ0) is 12.3. The average molecular weight is 240 g/mol. The van der Waals surface area contributed by atoms with Crippen molar-refractivity contribution in [3.05, 3.63) is 0 Å². The van der Waals surface area contributed by atoms with Crippen LogP contribution < -0.4 is 5.32 Å². The smallest absolute Gasteiger partial charge is 0.0474 e. The van der Waals surface area contributed by atoms with Crippen molar-refractivity contribution in [3.8, 4) is 0 Å². The molecule has 2 aliphatic rings. The van der Waals surface area contributed by atoms with Crippen molar-refractivity contribution in [2.45, 2.75) is 63.6 Å². The Balaban J connectivity index is 1.83. The van der Waals surface area contributed by atoms with Gasteiger partial charge in [-0.05, 0) is 52.1 Å². The van der Waals surface area contributed by atoms with Gasteiger partial charge in [-0.25, -0.2) is 0 Å². The molecule has 0 bridgehead atoms. The molecule has 0 aromatic rings. The maximum Gasteiger partial charge on any atom is 0.0474 e. The number of likely N-dealkylation sites (tertiary alicyclic amines) is 1. The molecule has 1 heterocycles. The fourth-order valence-electron chi connectivity index (χ4n) is 3.39. The molecule has 0 aromatic heterocycles. The van der Waals surface area contributed by atoms with Crippen LogP contribution in [0.25, 0.3) is 0 Å². The van der Waals surface area contributed by atoms with Gasteiger partial charge in [-0.3, -0.25) is 0 Å². The van der Waals surface area contributed by atoms with Crippen LogP contribution in [-0.2, 0) is 0 Å². The van der Waals surface area contributed by atoms with Crippen LogP contribution in [0.2, 0.25) is 0 Å². The second kappa shape index (κ2) is 6.17. The van der Waals surface area contributed by atoms with E-state index >= 15 is 0 Å². The van der Waals surface area contributed by atoms with E-state index in [-0.39, 0.29) is 0 Å². The number of aliphatic hydroxyl groups is 1. The van der Waals surface area contributed by atoms with Crippen molar-refractivity contribution in [1.29, 1.82) is 0 Å². The highest BCUT2D eigenvalue weighted by Gasteiger charge is 2.29. The SMILES string of the molecule is CC1CC(NC2CCCCC2CO)CCN1C. The molecule has 1 saturated carbocycles. The molecular formula is C14H28N2O. The monoisotopic (exact) mass is 240 g/mol. The van der Waals surface area contributed by atoms with E-state index < -0.39 is 0 Å². The molecule has 0 amide bonds. The Labute approximate surface area is 106 Å². The topological polar surface area (TPSA) is 35.5 Å². The maximum absolute atomic E-state index is 9.44. The zero-order valence-corrected chi connectivity index (χ0v) is 11.4. The first-order valence-corrected chi connectivity index (χ1v) is 7.28. The summed E-state index contributed by atoms with van der Waals surface area (Å²) in [6, 6.07) is 1.92. The Kier molecular flexibility index (Phi) is 4.83. The van der Waals surface area contributed by atoms with Gasteiger partial charge in [0.2, 0.25) is 0 Å². The van der Waals surface area contributed by atoms with Gasteiger partial charge in [-0.15, -0.1) is 0 Å². The van der Waals surface area contributed by atoms with Gasteiger partial charge in [-0.2, -0.15) is 0 Å². The van der Waals surface area contributed by atoms with Crippen LogP contribution in [0.3, 0.4) is 0 Å². The van der Waals surface area contributed by atoms with Crippen LogP contribution in [0.4, 0.5) is 0 Å². The Morgan fingerprint density at radius 1 is 1.24 bits per heavy atom. The summed E-state index contributed by atoms with van der Waals surface area (Å²) in [6.07, 6.45) is 7.60. The molecule has 2 N–H and O–H groups in total. The molecule has 4 atom stereocenters. The van der Waals surface area contributed by atoms with E-state index in [0.717, 1.165) is 0 Å². The second-order valence-corrected chi connectivity index (χ2v) is 6.05. The van der Waals surface area contributed by atoms with E-state index in [2.05, 4.69) is 24.2 Å². The first-order valence-electron chi connectivity index (χ1n) is 7.28. The lowest BCUT2D eigenvalue weighted by Crippen LogP contribution is -2.51. The number of hydrogen-bond acceptors (Lipinski definition) is 3. The van der Waals surface area contributed by atoms with Crippen LogP contribution in [-0.4, -0.2) is 48.3 Å². The number of hydrogen-bond donors (Lipinski definition) is 2. The summed E-state index contributed by atoms with van der Waals surface area (Å²) in [5.74, 6) is 0.499. The third kappa shape index (κ3) is 3.43. The Hall–Kier alpha value is -0.120. The average Bonchev–Trinajstić information content (AvgIpc) is 2.34. The van der Waals surface area contributed by atoms with Gasteiger partial charge in [0.1, 0.15) is 0 Å². The highest BCUT2D eigenvalue weighted by molar-refractivity contribution is 4.87. The standard InChI is InChI=1S/C14H28N2O/c1-11-9-13(7-8-16(11)2)15-14-6-4-3-5-12(14)10-17/h11-15,17H,3-10H2,1-2H3. The molecule has 3 heteroatoms. The molecule has 1 aliphatic carbocycles. The summed E-state index contributed by atoms with van der Waals surface area (Å²) in [6.45, 7) is 3.88. The molecule has 2 fully saturated rings. The van der Waals surface area contributed by atoms with E-state index in [0.29, 0.717) is 30.7 Å². The van der Waals surface area contributed by atoms with Gasteiger partial charge < -0.3 is 15.3 Å². The summed E-state index contributed by atoms with van der Waals surface area (Å²) >= 11 is 0. The fourth-order valence-corrected chi connectivity index (χ4v) is 3.39. The molecule has 100 valence electrons. The van der Waals surface area contributed by atoms with Crippen molar-refractivity contribution < 1.29 is 5.11 Å². The first-order chi connectivity index (χ1) is 8.20. The normalized spacial score (nSPS) is 40.4. The summed E-state index contributed by atoms with van der Waals surface area (Å²) < 4.78 is 0. The van der Waals surface area contributed by atoms with Crippen LogP contribution in [0.1, 0.15) is 45.4 Å².